The Kier molecular flexibility index (Phi) is 10.2. The van der Waals surface area contributed by atoms with Crippen LogP contribution in [0.3, 0.4) is 0 Å². The Morgan fingerprint density at radius 3 is 2.53 bits per heavy atom. The van der Waals surface area contributed by atoms with Gasteiger partial charge >= 0.3 is 5.97 Å². The van der Waals surface area contributed by atoms with Crippen LogP contribution in [0.5, 0.6) is 0 Å². The first-order valence-corrected chi connectivity index (χ1v) is 6.67. The van der Waals surface area contributed by atoms with Gasteiger partial charge in [0.2, 0.25) is 0 Å². The highest BCUT2D eigenvalue weighted by molar-refractivity contribution is 5.75. The molecule has 0 saturated heterocycles. The summed E-state index contributed by atoms with van der Waals surface area (Å²) in [6.07, 6.45) is 2.92. The van der Waals surface area contributed by atoms with Crippen LogP contribution < -0.4 is 5.32 Å². The zero-order valence-corrected chi connectivity index (χ0v) is 11.6. The van der Waals surface area contributed by atoms with Gasteiger partial charge in [0.15, 0.2) is 0 Å². The van der Waals surface area contributed by atoms with Crippen molar-refractivity contribution in [1.29, 1.82) is 0 Å². The molecule has 0 rings (SSSR count). The molecule has 0 saturated carbocycles. The zero-order chi connectivity index (χ0) is 13.1. The van der Waals surface area contributed by atoms with Crippen molar-refractivity contribution in [3.8, 4) is 0 Å². The molecule has 0 aromatic rings. The zero-order valence-electron chi connectivity index (χ0n) is 11.6. The number of hydrogen-bond donors (Lipinski definition) is 1. The Balaban J connectivity index is 3.96. The van der Waals surface area contributed by atoms with E-state index in [1.807, 2.05) is 13.8 Å². The van der Waals surface area contributed by atoms with Crippen LogP contribution >= 0.6 is 0 Å². The largest absolute Gasteiger partial charge is 0.465 e. The fourth-order valence-corrected chi connectivity index (χ4v) is 1.37. The molecule has 4 nitrogen and oxygen atoms in total. The summed E-state index contributed by atoms with van der Waals surface area (Å²) in [6, 6.07) is -0.237. The third-order valence-electron chi connectivity index (χ3n) is 2.60. The number of carbonyl (C=O) groups excluding carboxylic acids is 1. The second-order valence-corrected chi connectivity index (χ2v) is 4.14. The van der Waals surface area contributed by atoms with Gasteiger partial charge in [0.05, 0.1) is 12.7 Å². The van der Waals surface area contributed by atoms with Crippen molar-refractivity contribution in [2.75, 3.05) is 19.8 Å². The molecule has 0 aliphatic carbocycles. The van der Waals surface area contributed by atoms with Crippen molar-refractivity contribution in [2.45, 2.75) is 59.1 Å². The molecule has 0 aromatic heterocycles. The summed E-state index contributed by atoms with van der Waals surface area (Å²) in [5, 5.41) is 3.19. The van der Waals surface area contributed by atoms with Crippen LogP contribution in [0.25, 0.3) is 0 Å². The molecular weight excluding hydrogens is 218 g/mol. The van der Waals surface area contributed by atoms with Gasteiger partial charge in [-0.2, -0.15) is 0 Å². The molecule has 0 radical (unpaired) electrons. The molecule has 0 bridgehead atoms. The van der Waals surface area contributed by atoms with Crippen LogP contribution in [0.2, 0.25) is 0 Å². The Labute approximate surface area is 105 Å². The predicted molar refractivity (Wildman–Crippen MR) is 69.0 cm³/mol. The topological polar surface area (TPSA) is 47.6 Å². The number of carbonyl (C=O) groups is 1. The van der Waals surface area contributed by atoms with Crippen molar-refractivity contribution in [3.63, 3.8) is 0 Å². The quantitative estimate of drug-likeness (QED) is 0.599. The van der Waals surface area contributed by atoms with E-state index in [-0.39, 0.29) is 18.1 Å². The third-order valence-corrected chi connectivity index (χ3v) is 2.60. The first-order valence-electron chi connectivity index (χ1n) is 6.67. The Bertz CT molecular complexity index is 197. The molecule has 4 heteroatoms. The van der Waals surface area contributed by atoms with Crippen LogP contribution in [0, 0.1) is 0 Å². The fourth-order valence-electron chi connectivity index (χ4n) is 1.37. The van der Waals surface area contributed by atoms with Gasteiger partial charge in [-0.3, -0.25) is 4.79 Å². The average molecular weight is 245 g/mol. The molecule has 0 heterocycles. The highest BCUT2D eigenvalue weighted by Gasteiger charge is 2.18. The minimum atomic E-state index is -0.237. The second kappa shape index (κ2) is 10.5. The molecule has 102 valence electrons. The Morgan fingerprint density at radius 2 is 2.00 bits per heavy atom. The monoisotopic (exact) mass is 245 g/mol. The number of hydrogen-bond acceptors (Lipinski definition) is 4. The standard InChI is InChI=1S/C13H27NO3/c1-5-9-14-12(13(15)16-7-3)8-10-17-11(4)6-2/h11-12,14H,5-10H2,1-4H3. The molecule has 0 aromatic carbocycles. The van der Waals surface area contributed by atoms with Gasteiger partial charge in [0.1, 0.15) is 6.04 Å². The van der Waals surface area contributed by atoms with Crippen LogP contribution in [0.1, 0.15) is 47.0 Å². The summed E-state index contributed by atoms with van der Waals surface area (Å²) >= 11 is 0. The van der Waals surface area contributed by atoms with Gasteiger partial charge in [-0.1, -0.05) is 13.8 Å². The van der Waals surface area contributed by atoms with Gasteiger partial charge in [-0.15, -0.1) is 0 Å². The van der Waals surface area contributed by atoms with Crippen LogP contribution in [-0.4, -0.2) is 37.9 Å². The molecule has 17 heavy (non-hydrogen) atoms. The molecule has 0 aliphatic rings. The first kappa shape index (κ1) is 16.4. The molecule has 0 spiro atoms. The summed E-state index contributed by atoms with van der Waals surface area (Å²) in [4.78, 5) is 11.7. The van der Waals surface area contributed by atoms with E-state index in [9.17, 15) is 4.79 Å². The minimum Gasteiger partial charge on any atom is -0.465 e. The minimum absolute atomic E-state index is 0.172. The maximum Gasteiger partial charge on any atom is 0.323 e. The van der Waals surface area contributed by atoms with E-state index < -0.39 is 0 Å². The molecule has 2 unspecified atom stereocenters. The lowest BCUT2D eigenvalue weighted by Gasteiger charge is -2.18. The van der Waals surface area contributed by atoms with E-state index in [1.54, 1.807) is 0 Å². The summed E-state index contributed by atoms with van der Waals surface area (Å²) in [6.45, 7) is 9.87. The number of ether oxygens (including phenoxy) is 2. The molecule has 0 fully saturated rings. The lowest BCUT2D eigenvalue weighted by molar-refractivity contribution is -0.146. The number of nitrogens with one attached hydrogen (secondary N) is 1. The maximum absolute atomic E-state index is 11.7. The molecule has 1 N–H and O–H groups in total. The Morgan fingerprint density at radius 1 is 1.29 bits per heavy atom. The van der Waals surface area contributed by atoms with Crippen molar-refractivity contribution in [3.05, 3.63) is 0 Å². The predicted octanol–water partition coefficient (Wildman–Crippen LogP) is 2.12. The van der Waals surface area contributed by atoms with Crippen LogP contribution in [0.15, 0.2) is 0 Å². The van der Waals surface area contributed by atoms with Crippen molar-refractivity contribution in [1.82, 2.24) is 5.32 Å². The Hall–Kier alpha value is -0.610. The first-order chi connectivity index (χ1) is 8.15. The molecule has 0 aliphatic heterocycles. The van der Waals surface area contributed by atoms with Crippen LogP contribution in [0.4, 0.5) is 0 Å². The number of rotatable bonds is 10. The van der Waals surface area contributed by atoms with E-state index >= 15 is 0 Å². The van der Waals surface area contributed by atoms with E-state index in [0.29, 0.717) is 19.6 Å². The summed E-state index contributed by atoms with van der Waals surface area (Å²) in [5.41, 5.74) is 0. The van der Waals surface area contributed by atoms with E-state index in [0.717, 1.165) is 19.4 Å². The van der Waals surface area contributed by atoms with E-state index in [4.69, 9.17) is 9.47 Å². The summed E-state index contributed by atoms with van der Waals surface area (Å²) < 4.78 is 10.6. The lowest BCUT2D eigenvalue weighted by Crippen LogP contribution is -2.39. The lowest BCUT2D eigenvalue weighted by atomic mass is 10.2. The summed E-state index contributed by atoms with van der Waals surface area (Å²) in [7, 11) is 0. The van der Waals surface area contributed by atoms with Gasteiger partial charge in [0, 0.05) is 6.61 Å². The second-order valence-electron chi connectivity index (χ2n) is 4.14. The van der Waals surface area contributed by atoms with E-state index in [2.05, 4.69) is 19.2 Å². The molecular formula is C13H27NO3. The van der Waals surface area contributed by atoms with Crippen LogP contribution in [-0.2, 0) is 14.3 Å². The molecule has 0 amide bonds. The third kappa shape index (κ3) is 8.16. The molecule has 2 atom stereocenters. The normalized spacial score (nSPS) is 14.4. The van der Waals surface area contributed by atoms with Gasteiger partial charge in [-0.25, -0.2) is 0 Å². The fraction of sp³-hybridized carbons (Fsp3) is 0.923. The average Bonchev–Trinajstić information content (AvgIpc) is 2.33. The van der Waals surface area contributed by atoms with Crippen molar-refractivity contribution < 1.29 is 14.3 Å². The highest BCUT2D eigenvalue weighted by Crippen LogP contribution is 2.01. The highest BCUT2D eigenvalue weighted by atomic mass is 16.5. The van der Waals surface area contributed by atoms with Crippen molar-refractivity contribution >= 4 is 5.97 Å². The van der Waals surface area contributed by atoms with Gasteiger partial charge in [-0.05, 0) is 39.7 Å². The maximum atomic E-state index is 11.7. The van der Waals surface area contributed by atoms with Gasteiger partial charge < -0.3 is 14.8 Å². The van der Waals surface area contributed by atoms with Gasteiger partial charge in [0.25, 0.3) is 0 Å². The smallest absolute Gasteiger partial charge is 0.323 e. The SMILES string of the molecule is CCCNC(CCOC(C)CC)C(=O)OCC. The number of esters is 1. The summed E-state index contributed by atoms with van der Waals surface area (Å²) in [5.74, 6) is -0.172. The van der Waals surface area contributed by atoms with Crippen molar-refractivity contribution in [2.24, 2.45) is 0 Å². The van der Waals surface area contributed by atoms with E-state index in [1.165, 1.54) is 0 Å².